The molecule has 0 atom stereocenters. The van der Waals surface area contributed by atoms with Crippen molar-refractivity contribution in [1.29, 1.82) is 0 Å². The lowest BCUT2D eigenvalue weighted by Crippen LogP contribution is -1.98. The molecule has 12 heavy (non-hydrogen) atoms. The largest absolute Gasteiger partial charge is 0.423 e. The Balaban J connectivity index is 2.58. The van der Waals surface area contributed by atoms with Crippen LogP contribution in [0.15, 0.2) is 22.4 Å². The number of rotatable bonds is 3. The van der Waals surface area contributed by atoms with Gasteiger partial charge in [-0.2, -0.15) is 0 Å². The van der Waals surface area contributed by atoms with Crippen LogP contribution >= 0.6 is 15.9 Å². The highest BCUT2D eigenvalue weighted by Gasteiger charge is 2.19. The fraction of sp³-hybridized carbons (Fsp3) is 0.444. The van der Waals surface area contributed by atoms with Gasteiger partial charge < -0.3 is 4.74 Å². The highest BCUT2D eigenvalue weighted by Crippen LogP contribution is 2.21. The number of ether oxygens (including phenoxy) is 1. The van der Waals surface area contributed by atoms with Gasteiger partial charge in [0.2, 0.25) is 0 Å². The van der Waals surface area contributed by atoms with Crippen LogP contribution in [0.4, 0.5) is 0 Å². The number of carbonyl (C=O) groups excluding carboxylic acids is 1. The number of esters is 1. The van der Waals surface area contributed by atoms with Gasteiger partial charge in [0.25, 0.3) is 0 Å². The summed E-state index contributed by atoms with van der Waals surface area (Å²) >= 11 is 3.12. The topological polar surface area (TPSA) is 26.3 Å². The standard InChI is InChI=1S/C9H11BrO2/c1-2-3-4-7-5-8(6-10)12-9(7)11/h5-6H,2-4H2,1H3/b8-6+. The van der Waals surface area contributed by atoms with Crippen molar-refractivity contribution < 1.29 is 9.53 Å². The second kappa shape index (κ2) is 4.45. The first kappa shape index (κ1) is 9.52. The molecule has 66 valence electrons. The van der Waals surface area contributed by atoms with Gasteiger partial charge in [0.1, 0.15) is 5.76 Å². The van der Waals surface area contributed by atoms with E-state index in [0.29, 0.717) is 5.76 Å². The number of hydrogen-bond donors (Lipinski definition) is 0. The van der Waals surface area contributed by atoms with E-state index < -0.39 is 0 Å². The lowest BCUT2D eigenvalue weighted by Gasteiger charge is -1.95. The van der Waals surface area contributed by atoms with Gasteiger partial charge in [0.15, 0.2) is 0 Å². The first-order valence-corrected chi connectivity index (χ1v) is 4.92. The van der Waals surface area contributed by atoms with Crippen LogP contribution < -0.4 is 0 Å². The molecule has 0 saturated carbocycles. The van der Waals surface area contributed by atoms with Crippen LogP contribution in [0.25, 0.3) is 0 Å². The van der Waals surface area contributed by atoms with Crippen LogP contribution in [0.2, 0.25) is 0 Å². The number of halogens is 1. The van der Waals surface area contributed by atoms with E-state index in [0.717, 1.165) is 24.8 Å². The van der Waals surface area contributed by atoms with Crippen LogP contribution in [0.5, 0.6) is 0 Å². The van der Waals surface area contributed by atoms with Gasteiger partial charge in [-0.25, -0.2) is 4.79 Å². The molecule has 1 rings (SSSR count). The minimum absolute atomic E-state index is 0.200. The van der Waals surface area contributed by atoms with E-state index in [-0.39, 0.29) is 5.97 Å². The maximum atomic E-state index is 11.1. The molecule has 0 spiro atoms. The van der Waals surface area contributed by atoms with Crippen LogP contribution in [0, 0.1) is 0 Å². The predicted molar refractivity (Wildman–Crippen MR) is 50.7 cm³/mol. The Kier molecular flexibility index (Phi) is 3.53. The highest BCUT2D eigenvalue weighted by molar-refractivity contribution is 9.11. The summed E-state index contributed by atoms with van der Waals surface area (Å²) < 4.78 is 4.90. The summed E-state index contributed by atoms with van der Waals surface area (Å²) in [6.45, 7) is 2.10. The molecule has 0 N–H and O–H groups in total. The number of unbranched alkanes of at least 4 members (excludes halogenated alkanes) is 1. The van der Waals surface area contributed by atoms with Crippen molar-refractivity contribution in [2.75, 3.05) is 0 Å². The fourth-order valence-electron chi connectivity index (χ4n) is 1.03. The quantitative estimate of drug-likeness (QED) is 0.698. The maximum absolute atomic E-state index is 11.1. The van der Waals surface area contributed by atoms with Crippen molar-refractivity contribution in [2.24, 2.45) is 0 Å². The molecule has 0 radical (unpaired) electrons. The summed E-state index contributed by atoms with van der Waals surface area (Å²) in [6, 6.07) is 0. The average molecular weight is 231 g/mol. The van der Waals surface area contributed by atoms with Gasteiger partial charge in [-0.15, -0.1) is 0 Å². The summed E-state index contributed by atoms with van der Waals surface area (Å²) in [4.78, 5) is 12.7. The number of carbonyl (C=O) groups is 1. The minimum atomic E-state index is -0.200. The molecule has 0 fully saturated rings. The lowest BCUT2D eigenvalue weighted by atomic mass is 10.1. The first-order valence-electron chi connectivity index (χ1n) is 4.01. The van der Waals surface area contributed by atoms with Gasteiger partial charge in [0.05, 0.1) is 0 Å². The number of allylic oxidation sites excluding steroid dienone is 1. The van der Waals surface area contributed by atoms with Crippen LogP contribution in [0.1, 0.15) is 26.2 Å². The zero-order chi connectivity index (χ0) is 8.97. The zero-order valence-electron chi connectivity index (χ0n) is 6.97. The van der Waals surface area contributed by atoms with Crippen molar-refractivity contribution >= 4 is 21.9 Å². The molecule has 0 aliphatic carbocycles. The van der Waals surface area contributed by atoms with Crippen LogP contribution in [-0.2, 0) is 9.53 Å². The molecular formula is C9H11BrO2. The van der Waals surface area contributed by atoms with Gasteiger partial charge in [-0.3, -0.25) is 0 Å². The third-order valence-electron chi connectivity index (χ3n) is 1.70. The summed E-state index contributed by atoms with van der Waals surface area (Å²) in [6.07, 6.45) is 4.74. The Hall–Kier alpha value is -0.570. The second-order valence-corrected chi connectivity index (χ2v) is 3.13. The first-order chi connectivity index (χ1) is 5.77. The molecule has 2 nitrogen and oxygen atoms in total. The molecule has 3 heteroatoms. The van der Waals surface area contributed by atoms with Gasteiger partial charge in [-0.05, 0) is 18.9 Å². The summed E-state index contributed by atoms with van der Waals surface area (Å²) in [5.74, 6) is 0.403. The number of cyclic esters (lactones) is 1. The molecule has 0 aromatic carbocycles. The smallest absolute Gasteiger partial charge is 0.339 e. The summed E-state index contributed by atoms with van der Waals surface area (Å²) in [7, 11) is 0. The molecule has 0 unspecified atom stereocenters. The van der Waals surface area contributed by atoms with E-state index in [1.54, 1.807) is 11.1 Å². The maximum Gasteiger partial charge on any atom is 0.339 e. The monoisotopic (exact) mass is 230 g/mol. The third kappa shape index (κ3) is 2.21. The normalized spacial score (nSPS) is 19.7. The minimum Gasteiger partial charge on any atom is -0.423 e. The SMILES string of the molecule is CCCCC1=C/C(=C\Br)OC1=O. The molecule has 0 saturated heterocycles. The molecule has 1 aliphatic heterocycles. The Labute approximate surface area is 80.4 Å². The van der Waals surface area contributed by atoms with E-state index in [1.807, 2.05) is 0 Å². The predicted octanol–water partition coefficient (Wildman–Crippen LogP) is 2.90. The van der Waals surface area contributed by atoms with Gasteiger partial charge >= 0.3 is 5.97 Å². The third-order valence-corrected chi connectivity index (χ3v) is 2.15. The highest BCUT2D eigenvalue weighted by atomic mass is 79.9. The Morgan fingerprint density at radius 1 is 1.67 bits per heavy atom. The van der Waals surface area contributed by atoms with Crippen molar-refractivity contribution in [3.63, 3.8) is 0 Å². The molecule has 1 aliphatic rings. The Morgan fingerprint density at radius 2 is 2.42 bits per heavy atom. The molecule has 0 bridgehead atoms. The summed E-state index contributed by atoms with van der Waals surface area (Å²) in [5.41, 5.74) is 0.780. The van der Waals surface area contributed by atoms with E-state index >= 15 is 0 Å². The number of hydrogen-bond acceptors (Lipinski definition) is 2. The van der Waals surface area contributed by atoms with Gasteiger partial charge in [-0.1, -0.05) is 29.3 Å². The Morgan fingerprint density at radius 3 is 2.92 bits per heavy atom. The molecule has 0 amide bonds. The lowest BCUT2D eigenvalue weighted by molar-refractivity contribution is -0.133. The molecular weight excluding hydrogens is 220 g/mol. The molecule has 0 aromatic heterocycles. The van der Waals surface area contributed by atoms with E-state index in [9.17, 15) is 4.79 Å². The van der Waals surface area contributed by atoms with Crippen molar-refractivity contribution in [1.82, 2.24) is 0 Å². The van der Waals surface area contributed by atoms with Crippen molar-refractivity contribution in [3.05, 3.63) is 22.4 Å². The second-order valence-electron chi connectivity index (χ2n) is 2.67. The van der Waals surface area contributed by atoms with Crippen LogP contribution in [-0.4, -0.2) is 5.97 Å². The van der Waals surface area contributed by atoms with E-state index in [4.69, 9.17) is 4.74 Å². The average Bonchev–Trinajstić information content (AvgIpc) is 2.43. The molecule has 1 heterocycles. The van der Waals surface area contributed by atoms with E-state index in [2.05, 4.69) is 22.9 Å². The van der Waals surface area contributed by atoms with Gasteiger partial charge in [0, 0.05) is 10.6 Å². The fourth-order valence-corrected chi connectivity index (χ4v) is 1.25. The molecule has 0 aromatic rings. The Bertz CT molecular complexity index is 241. The zero-order valence-corrected chi connectivity index (χ0v) is 8.56. The van der Waals surface area contributed by atoms with Crippen molar-refractivity contribution in [3.8, 4) is 0 Å². The summed E-state index contributed by atoms with van der Waals surface area (Å²) in [5, 5.41) is 0. The van der Waals surface area contributed by atoms with E-state index in [1.165, 1.54) is 0 Å². The van der Waals surface area contributed by atoms with Crippen LogP contribution in [0.3, 0.4) is 0 Å². The van der Waals surface area contributed by atoms with Crippen molar-refractivity contribution in [2.45, 2.75) is 26.2 Å².